The molecule has 0 bridgehead atoms. The first-order valence-corrected chi connectivity index (χ1v) is 9.86. The van der Waals surface area contributed by atoms with Gasteiger partial charge in [0.05, 0.1) is 22.3 Å². The number of amides is 2. The van der Waals surface area contributed by atoms with Gasteiger partial charge in [-0.05, 0) is 44.5 Å². The monoisotopic (exact) mass is 414 g/mol. The number of fused-ring (bicyclic) bond motifs is 1. The number of pyridine rings is 1. The number of anilines is 2. The third-order valence-electron chi connectivity index (χ3n) is 5.10. The van der Waals surface area contributed by atoms with Crippen molar-refractivity contribution < 1.29 is 14.1 Å². The van der Waals surface area contributed by atoms with Crippen molar-refractivity contribution in [1.82, 2.24) is 10.1 Å². The fraction of sp³-hybridized carbons (Fsp3) is 0.167. The number of aryl methyl sites for hydroxylation is 2. The molecule has 7 nitrogen and oxygen atoms in total. The van der Waals surface area contributed by atoms with Crippen molar-refractivity contribution in [3.63, 3.8) is 0 Å². The lowest BCUT2D eigenvalue weighted by atomic mass is 10.0. The van der Waals surface area contributed by atoms with E-state index in [4.69, 9.17) is 4.52 Å². The van der Waals surface area contributed by atoms with Crippen LogP contribution in [0.2, 0.25) is 0 Å². The van der Waals surface area contributed by atoms with E-state index >= 15 is 0 Å². The summed E-state index contributed by atoms with van der Waals surface area (Å²) in [5.41, 5.74) is 5.96. The molecule has 0 unspecified atom stereocenters. The maximum atomic E-state index is 13.3. The Morgan fingerprint density at radius 1 is 0.935 bits per heavy atom. The lowest BCUT2D eigenvalue weighted by Gasteiger charge is -2.13. The fourth-order valence-corrected chi connectivity index (χ4v) is 3.43. The van der Waals surface area contributed by atoms with Crippen molar-refractivity contribution in [1.29, 1.82) is 0 Å². The van der Waals surface area contributed by atoms with E-state index in [9.17, 15) is 9.59 Å². The van der Waals surface area contributed by atoms with Gasteiger partial charge in [-0.3, -0.25) is 9.59 Å². The molecule has 2 amide bonds. The molecule has 2 aromatic carbocycles. The zero-order valence-corrected chi connectivity index (χ0v) is 17.7. The van der Waals surface area contributed by atoms with Crippen LogP contribution in [0.3, 0.4) is 0 Å². The Labute approximate surface area is 179 Å². The number of benzene rings is 2. The summed E-state index contributed by atoms with van der Waals surface area (Å²) in [6, 6.07) is 15.0. The molecule has 0 fully saturated rings. The van der Waals surface area contributed by atoms with E-state index in [2.05, 4.69) is 20.8 Å². The number of carbonyl (C=O) groups is 2. The molecule has 0 aliphatic heterocycles. The van der Waals surface area contributed by atoms with Crippen LogP contribution in [0.5, 0.6) is 0 Å². The average molecular weight is 414 g/mol. The molecule has 0 radical (unpaired) electrons. The Hall–Kier alpha value is -4.00. The minimum atomic E-state index is -0.310. The van der Waals surface area contributed by atoms with Crippen LogP contribution in [-0.2, 0) is 4.79 Å². The predicted octanol–water partition coefficient (Wildman–Crippen LogP) is 5.03. The molecule has 7 heteroatoms. The first kappa shape index (κ1) is 20.3. The molecular formula is C24H22N4O3. The molecule has 156 valence electrons. The molecule has 0 spiro atoms. The topological polar surface area (TPSA) is 97.1 Å². The summed E-state index contributed by atoms with van der Waals surface area (Å²) in [4.78, 5) is 29.3. The third kappa shape index (κ3) is 4.02. The van der Waals surface area contributed by atoms with Crippen molar-refractivity contribution in [3.8, 4) is 11.3 Å². The van der Waals surface area contributed by atoms with Crippen molar-refractivity contribution in [2.75, 3.05) is 10.6 Å². The first-order valence-electron chi connectivity index (χ1n) is 9.86. The molecule has 0 aliphatic carbocycles. The van der Waals surface area contributed by atoms with Gasteiger partial charge >= 0.3 is 0 Å². The van der Waals surface area contributed by atoms with Gasteiger partial charge in [0.25, 0.3) is 11.6 Å². The highest BCUT2D eigenvalue weighted by atomic mass is 16.5. The minimum absolute atomic E-state index is 0.176. The van der Waals surface area contributed by atoms with Crippen LogP contribution >= 0.6 is 0 Å². The largest absolute Gasteiger partial charge is 0.335 e. The summed E-state index contributed by atoms with van der Waals surface area (Å²) in [7, 11) is 0. The number of nitrogens with zero attached hydrogens (tertiary/aromatic N) is 2. The van der Waals surface area contributed by atoms with E-state index in [1.807, 2.05) is 38.1 Å². The number of nitrogens with one attached hydrogen (secondary N) is 2. The van der Waals surface area contributed by atoms with Crippen molar-refractivity contribution in [3.05, 3.63) is 70.9 Å². The van der Waals surface area contributed by atoms with E-state index in [1.54, 1.807) is 31.2 Å². The number of aromatic nitrogens is 2. The lowest BCUT2D eigenvalue weighted by Crippen LogP contribution is -2.15. The predicted molar refractivity (Wildman–Crippen MR) is 120 cm³/mol. The van der Waals surface area contributed by atoms with Crippen molar-refractivity contribution in [2.24, 2.45) is 0 Å². The zero-order valence-electron chi connectivity index (χ0n) is 17.7. The Morgan fingerprint density at radius 3 is 2.29 bits per heavy atom. The SMILES string of the molecule is CC(=O)Nc1cccc(NC(=O)c2cc(-c3ccc(C)cc3)nc3onc(C)c23)c1C. The molecule has 2 heterocycles. The molecular weight excluding hydrogens is 392 g/mol. The Balaban J connectivity index is 1.77. The number of hydrogen-bond acceptors (Lipinski definition) is 5. The number of carbonyl (C=O) groups excluding carboxylic acids is 2. The third-order valence-corrected chi connectivity index (χ3v) is 5.10. The summed E-state index contributed by atoms with van der Waals surface area (Å²) in [5, 5.41) is 10.3. The van der Waals surface area contributed by atoms with Crippen LogP contribution in [0.4, 0.5) is 11.4 Å². The van der Waals surface area contributed by atoms with Gasteiger partial charge in [0.1, 0.15) is 0 Å². The van der Waals surface area contributed by atoms with Gasteiger partial charge < -0.3 is 15.2 Å². The van der Waals surface area contributed by atoms with Crippen LogP contribution in [-0.4, -0.2) is 22.0 Å². The number of rotatable bonds is 4. The minimum Gasteiger partial charge on any atom is -0.335 e. The van der Waals surface area contributed by atoms with Gasteiger partial charge in [0.15, 0.2) is 0 Å². The molecule has 2 N–H and O–H groups in total. The smallest absolute Gasteiger partial charge is 0.259 e. The average Bonchev–Trinajstić information content (AvgIpc) is 3.11. The molecule has 0 saturated carbocycles. The van der Waals surface area contributed by atoms with Gasteiger partial charge in [0, 0.05) is 23.9 Å². The second kappa shape index (κ2) is 8.02. The maximum absolute atomic E-state index is 13.3. The van der Waals surface area contributed by atoms with E-state index in [1.165, 1.54) is 6.92 Å². The molecule has 31 heavy (non-hydrogen) atoms. The van der Waals surface area contributed by atoms with E-state index in [0.717, 1.165) is 16.7 Å². The zero-order chi connectivity index (χ0) is 22.1. The summed E-state index contributed by atoms with van der Waals surface area (Å²) in [6.45, 7) is 7.07. The second-order valence-corrected chi connectivity index (χ2v) is 7.48. The van der Waals surface area contributed by atoms with Gasteiger partial charge in [-0.2, -0.15) is 0 Å². The lowest BCUT2D eigenvalue weighted by molar-refractivity contribution is -0.114. The normalized spacial score (nSPS) is 10.8. The fourth-order valence-electron chi connectivity index (χ4n) is 3.43. The summed E-state index contributed by atoms with van der Waals surface area (Å²) < 4.78 is 5.37. The van der Waals surface area contributed by atoms with Gasteiger partial charge in [-0.25, -0.2) is 4.98 Å². The van der Waals surface area contributed by atoms with Crippen LogP contribution in [0, 0.1) is 20.8 Å². The molecule has 0 aliphatic rings. The van der Waals surface area contributed by atoms with E-state index in [-0.39, 0.29) is 11.8 Å². The van der Waals surface area contributed by atoms with Crippen molar-refractivity contribution in [2.45, 2.75) is 27.7 Å². The summed E-state index contributed by atoms with van der Waals surface area (Å²) >= 11 is 0. The van der Waals surface area contributed by atoms with Crippen LogP contribution in [0.1, 0.15) is 34.1 Å². The van der Waals surface area contributed by atoms with Crippen molar-refractivity contribution >= 4 is 34.3 Å². The highest BCUT2D eigenvalue weighted by molar-refractivity contribution is 6.13. The van der Waals surface area contributed by atoms with Gasteiger partial charge in [-0.1, -0.05) is 41.1 Å². The van der Waals surface area contributed by atoms with Gasteiger partial charge in [-0.15, -0.1) is 0 Å². The maximum Gasteiger partial charge on any atom is 0.259 e. The molecule has 2 aromatic heterocycles. The van der Waals surface area contributed by atoms with Crippen LogP contribution < -0.4 is 10.6 Å². The Kier molecular flexibility index (Phi) is 5.25. The van der Waals surface area contributed by atoms with Gasteiger partial charge in [0.2, 0.25) is 5.91 Å². The van der Waals surface area contributed by atoms with E-state index in [0.29, 0.717) is 39.4 Å². The van der Waals surface area contributed by atoms with E-state index < -0.39 is 0 Å². The standard InChI is InChI=1S/C24H22N4O3/c1-13-8-10-17(11-9-13)21-12-18(22-15(3)28-31-24(22)27-21)23(30)26-20-7-5-6-19(14(20)2)25-16(4)29/h5-12H,1-4H3,(H,25,29)(H,26,30). The number of hydrogen-bond donors (Lipinski definition) is 2. The first-order chi connectivity index (χ1) is 14.8. The summed E-state index contributed by atoms with van der Waals surface area (Å²) in [5.74, 6) is -0.486. The highest BCUT2D eigenvalue weighted by Crippen LogP contribution is 2.29. The molecule has 4 aromatic rings. The second-order valence-electron chi connectivity index (χ2n) is 7.48. The Morgan fingerprint density at radius 2 is 1.61 bits per heavy atom. The molecule has 4 rings (SSSR count). The summed E-state index contributed by atoms with van der Waals surface area (Å²) in [6.07, 6.45) is 0. The highest BCUT2D eigenvalue weighted by Gasteiger charge is 2.20. The quantitative estimate of drug-likeness (QED) is 0.488. The molecule has 0 saturated heterocycles. The van der Waals surface area contributed by atoms with Crippen LogP contribution in [0.25, 0.3) is 22.4 Å². The molecule has 0 atom stereocenters. The van der Waals surface area contributed by atoms with Crippen LogP contribution in [0.15, 0.2) is 53.1 Å². The Bertz CT molecular complexity index is 1310.